The second-order valence-corrected chi connectivity index (χ2v) is 3.52. The number of hydrogen-bond acceptors (Lipinski definition) is 1. The lowest BCUT2D eigenvalue weighted by atomic mass is 10.1. The molecule has 0 saturated carbocycles. The maximum Gasteiger partial charge on any atom is 0.227 e. The Balaban J connectivity index is 2.91. The van der Waals surface area contributed by atoms with Gasteiger partial charge < -0.3 is 5.32 Å². The van der Waals surface area contributed by atoms with Gasteiger partial charge in [-0.25, -0.2) is 13.2 Å². The fourth-order valence-corrected chi connectivity index (χ4v) is 1.06. The number of hydrogen-bond donors (Lipinski definition) is 1. The van der Waals surface area contributed by atoms with Gasteiger partial charge in [0.15, 0.2) is 17.5 Å². The molecule has 0 aromatic heterocycles. The van der Waals surface area contributed by atoms with E-state index < -0.39 is 23.4 Å². The van der Waals surface area contributed by atoms with Crippen LogP contribution in [0.4, 0.5) is 18.9 Å². The molecule has 2 nitrogen and oxygen atoms in total. The Morgan fingerprint density at radius 3 is 2.50 bits per heavy atom. The van der Waals surface area contributed by atoms with Crippen molar-refractivity contribution in [2.45, 2.75) is 20.3 Å². The van der Waals surface area contributed by atoms with Crippen LogP contribution in [-0.4, -0.2) is 5.91 Å². The van der Waals surface area contributed by atoms with Gasteiger partial charge in [-0.15, -0.1) is 0 Å². The number of carbonyl (C=O) groups is 1. The van der Waals surface area contributed by atoms with Gasteiger partial charge in [-0.3, -0.25) is 4.79 Å². The average Bonchev–Trinajstić information content (AvgIpc) is 2.28. The fraction of sp³-hybridized carbons (Fsp3) is 0.364. The summed E-state index contributed by atoms with van der Waals surface area (Å²) in [4.78, 5) is 11.4. The highest BCUT2D eigenvalue weighted by molar-refractivity contribution is 5.92. The molecule has 0 spiro atoms. The summed E-state index contributed by atoms with van der Waals surface area (Å²) in [6, 6.07) is 1.76. The van der Waals surface area contributed by atoms with E-state index in [4.69, 9.17) is 0 Å². The molecule has 1 N–H and O–H groups in total. The predicted octanol–water partition coefficient (Wildman–Crippen LogP) is 3.09. The first kappa shape index (κ1) is 12.5. The zero-order valence-corrected chi connectivity index (χ0v) is 8.98. The normalized spacial score (nSPS) is 12.3. The zero-order chi connectivity index (χ0) is 12.3. The Kier molecular flexibility index (Phi) is 3.93. The molecule has 0 aliphatic rings. The molecule has 1 amide bonds. The third kappa shape index (κ3) is 2.53. The van der Waals surface area contributed by atoms with E-state index in [0.29, 0.717) is 6.42 Å². The van der Waals surface area contributed by atoms with Gasteiger partial charge in [0.2, 0.25) is 5.91 Å². The van der Waals surface area contributed by atoms with Crippen molar-refractivity contribution in [3.05, 3.63) is 29.6 Å². The van der Waals surface area contributed by atoms with Crippen molar-refractivity contribution < 1.29 is 18.0 Å². The van der Waals surface area contributed by atoms with E-state index in [9.17, 15) is 18.0 Å². The van der Waals surface area contributed by atoms with Gasteiger partial charge in [-0.1, -0.05) is 13.8 Å². The summed E-state index contributed by atoms with van der Waals surface area (Å²) in [6.45, 7) is 3.46. The van der Waals surface area contributed by atoms with Crippen molar-refractivity contribution in [3.8, 4) is 0 Å². The van der Waals surface area contributed by atoms with Crippen molar-refractivity contribution >= 4 is 11.6 Å². The molecule has 0 bridgehead atoms. The maximum absolute atomic E-state index is 13.2. The van der Waals surface area contributed by atoms with Gasteiger partial charge in [0.05, 0.1) is 5.69 Å². The van der Waals surface area contributed by atoms with Gasteiger partial charge in [0.25, 0.3) is 0 Å². The molecule has 0 aliphatic heterocycles. The first-order valence-corrected chi connectivity index (χ1v) is 4.91. The minimum absolute atomic E-state index is 0.312. The number of halogens is 3. The molecule has 5 heteroatoms. The summed E-state index contributed by atoms with van der Waals surface area (Å²) >= 11 is 0. The first-order valence-electron chi connectivity index (χ1n) is 4.91. The summed E-state index contributed by atoms with van der Waals surface area (Å²) < 4.78 is 38.6. The smallest absolute Gasteiger partial charge is 0.227 e. The molecule has 0 fully saturated rings. The number of amides is 1. The molecule has 1 rings (SSSR count). The molecular formula is C11H12F3NO. The summed E-state index contributed by atoms with van der Waals surface area (Å²) in [5, 5.41) is 2.21. The van der Waals surface area contributed by atoms with Crippen LogP contribution in [0.15, 0.2) is 12.1 Å². The number of benzene rings is 1. The highest BCUT2D eigenvalue weighted by atomic mass is 19.2. The fourth-order valence-electron chi connectivity index (χ4n) is 1.06. The van der Waals surface area contributed by atoms with Crippen molar-refractivity contribution in [3.63, 3.8) is 0 Å². The van der Waals surface area contributed by atoms with Gasteiger partial charge in [0, 0.05) is 5.92 Å². The quantitative estimate of drug-likeness (QED) is 0.796. The maximum atomic E-state index is 13.2. The largest absolute Gasteiger partial charge is 0.323 e. The average molecular weight is 231 g/mol. The Morgan fingerprint density at radius 1 is 1.31 bits per heavy atom. The van der Waals surface area contributed by atoms with E-state index in [1.807, 2.05) is 0 Å². The first-order chi connectivity index (χ1) is 7.47. The molecule has 0 heterocycles. The monoisotopic (exact) mass is 231 g/mol. The minimum Gasteiger partial charge on any atom is -0.323 e. The lowest BCUT2D eigenvalue weighted by Gasteiger charge is -2.10. The minimum atomic E-state index is -1.58. The molecule has 1 atom stereocenters. The second-order valence-electron chi connectivity index (χ2n) is 3.52. The third-order valence-corrected chi connectivity index (χ3v) is 2.35. The SMILES string of the molecule is CCC(C)C(=O)Nc1ccc(F)c(F)c1F. The Morgan fingerprint density at radius 2 is 1.94 bits per heavy atom. The zero-order valence-electron chi connectivity index (χ0n) is 8.98. The summed E-state index contributed by atoms with van der Waals surface area (Å²) in [7, 11) is 0. The molecule has 1 unspecified atom stereocenters. The van der Waals surface area contributed by atoms with E-state index >= 15 is 0 Å². The molecule has 0 radical (unpaired) electrons. The van der Waals surface area contributed by atoms with Gasteiger partial charge in [0.1, 0.15) is 0 Å². The van der Waals surface area contributed by atoms with Gasteiger partial charge in [-0.05, 0) is 18.6 Å². The Bertz CT molecular complexity index is 406. The van der Waals surface area contributed by atoms with Crippen LogP contribution in [0.2, 0.25) is 0 Å². The summed E-state index contributed by atoms with van der Waals surface area (Å²) in [6.07, 6.45) is 0.580. The lowest BCUT2D eigenvalue weighted by molar-refractivity contribution is -0.119. The Hall–Kier alpha value is -1.52. The lowest BCUT2D eigenvalue weighted by Crippen LogP contribution is -2.20. The molecule has 0 saturated heterocycles. The predicted molar refractivity (Wildman–Crippen MR) is 54.4 cm³/mol. The van der Waals surface area contributed by atoms with Crippen LogP contribution in [0, 0.1) is 23.4 Å². The van der Waals surface area contributed by atoms with E-state index in [1.54, 1.807) is 13.8 Å². The third-order valence-electron chi connectivity index (χ3n) is 2.35. The highest BCUT2D eigenvalue weighted by Crippen LogP contribution is 2.20. The second kappa shape index (κ2) is 5.01. The molecule has 16 heavy (non-hydrogen) atoms. The van der Waals surface area contributed by atoms with Crippen molar-refractivity contribution in [2.24, 2.45) is 5.92 Å². The topological polar surface area (TPSA) is 29.1 Å². The van der Waals surface area contributed by atoms with E-state index in [-0.39, 0.29) is 11.6 Å². The number of anilines is 1. The van der Waals surface area contributed by atoms with Crippen LogP contribution in [0.3, 0.4) is 0 Å². The van der Waals surface area contributed by atoms with Gasteiger partial charge in [-0.2, -0.15) is 0 Å². The molecule has 1 aromatic carbocycles. The van der Waals surface area contributed by atoms with E-state index in [0.717, 1.165) is 12.1 Å². The van der Waals surface area contributed by atoms with Crippen LogP contribution in [0.25, 0.3) is 0 Å². The van der Waals surface area contributed by atoms with E-state index in [1.165, 1.54) is 0 Å². The standard InChI is InChI=1S/C11H12F3NO/c1-3-6(2)11(16)15-8-5-4-7(12)9(13)10(8)14/h4-6H,3H2,1-2H3,(H,15,16). The summed E-state index contributed by atoms with van der Waals surface area (Å²) in [5.74, 6) is -4.97. The molecule has 0 aliphatic carbocycles. The van der Waals surface area contributed by atoms with Crippen molar-refractivity contribution in [2.75, 3.05) is 5.32 Å². The molecule has 88 valence electrons. The van der Waals surface area contributed by atoms with Gasteiger partial charge >= 0.3 is 0 Å². The number of carbonyl (C=O) groups excluding carboxylic acids is 1. The van der Waals surface area contributed by atoms with Crippen LogP contribution in [0.1, 0.15) is 20.3 Å². The molecule has 1 aromatic rings. The van der Waals surface area contributed by atoms with Crippen molar-refractivity contribution in [1.82, 2.24) is 0 Å². The van der Waals surface area contributed by atoms with E-state index in [2.05, 4.69) is 5.32 Å². The van der Waals surface area contributed by atoms with Crippen LogP contribution < -0.4 is 5.32 Å². The summed E-state index contributed by atoms with van der Waals surface area (Å²) in [5.41, 5.74) is -0.343. The number of rotatable bonds is 3. The Labute approximate surface area is 91.5 Å². The van der Waals surface area contributed by atoms with Crippen molar-refractivity contribution in [1.29, 1.82) is 0 Å². The van der Waals surface area contributed by atoms with Crippen LogP contribution >= 0.6 is 0 Å². The van der Waals surface area contributed by atoms with Crippen LogP contribution in [-0.2, 0) is 4.79 Å². The van der Waals surface area contributed by atoms with Crippen LogP contribution in [0.5, 0.6) is 0 Å². The highest BCUT2D eigenvalue weighted by Gasteiger charge is 2.17. The molecular weight excluding hydrogens is 219 g/mol. The number of nitrogens with one attached hydrogen (secondary N) is 1.